The van der Waals surface area contributed by atoms with E-state index in [1.807, 2.05) is 73.8 Å². The number of carbonyl (C=O) groups is 1. The molecule has 0 aromatic heterocycles. The third-order valence-electron chi connectivity index (χ3n) is 5.02. The highest BCUT2D eigenvalue weighted by molar-refractivity contribution is 6.32. The molecule has 158 valence electrons. The summed E-state index contributed by atoms with van der Waals surface area (Å²) < 4.78 is 0. The number of aliphatic imine (C=N–C) groups is 1. The van der Waals surface area contributed by atoms with E-state index in [4.69, 9.17) is 28.2 Å². The summed E-state index contributed by atoms with van der Waals surface area (Å²) in [6.45, 7) is 0. The molecule has 0 heterocycles. The second-order valence-electron chi connectivity index (χ2n) is 7.12. The van der Waals surface area contributed by atoms with Gasteiger partial charge < -0.3 is 5.32 Å². The second kappa shape index (κ2) is 9.82. The van der Waals surface area contributed by atoms with Crippen molar-refractivity contribution >= 4 is 46.1 Å². The number of ketones is 1. The molecule has 32 heavy (non-hydrogen) atoms. The predicted molar refractivity (Wildman–Crippen MR) is 134 cm³/mol. The zero-order valence-electron chi connectivity index (χ0n) is 17.3. The third-order valence-corrected chi connectivity index (χ3v) is 5.49. The number of benzene rings is 4. The van der Waals surface area contributed by atoms with E-state index in [0.717, 1.165) is 16.8 Å². The fraction of sp³-hybridized carbons (Fsp3) is 0.0370. The molecule has 0 spiro atoms. The Labute approximate surface area is 197 Å². The van der Waals surface area contributed by atoms with Gasteiger partial charge in [-0.1, -0.05) is 83.9 Å². The van der Waals surface area contributed by atoms with Crippen LogP contribution in [0.1, 0.15) is 27.0 Å². The van der Waals surface area contributed by atoms with Gasteiger partial charge in [0, 0.05) is 45.0 Å². The van der Waals surface area contributed by atoms with Crippen LogP contribution in [0.3, 0.4) is 0 Å². The minimum Gasteiger partial charge on any atom is -0.388 e. The molecular weight excluding hydrogens is 439 g/mol. The number of hydrogen-bond donors (Lipinski definition) is 1. The van der Waals surface area contributed by atoms with Gasteiger partial charge in [-0.3, -0.25) is 4.79 Å². The number of hydrogen-bond acceptors (Lipinski definition) is 3. The first-order valence-electron chi connectivity index (χ1n) is 10.1. The Kier molecular flexibility index (Phi) is 6.69. The summed E-state index contributed by atoms with van der Waals surface area (Å²) in [5.41, 5.74) is 4.85. The highest BCUT2D eigenvalue weighted by Crippen LogP contribution is 2.30. The van der Waals surface area contributed by atoms with Gasteiger partial charge in [-0.25, -0.2) is 4.99 Å². The number of rotatable bonds is 6. The molecule has 0 atom stereocenters. The van der Waals surface area contributed by atoms with Gasteiger partial charge in [0.25, 0.3) is 0 Å². The van der Waals surface area contributed by atoms with Gasteiger partial charge in [0.1, 0.15) is 0 Å². The summed E-state index contributed by atoms with van der Waals surface area (Å²) in [5, 5.41) is 4.28. The van der Waals surface area contributed by atoms with E-state index in [1.165, 1.54) is 0 Å². The van der Waals surface area contributed by atoms with Gasteiger partial charge in [0.05, 0.1) is 11.4 Å². The molecule has 4 aromatic carbocycles. The summed E-state index contributed by atoms with van der Waals surface area (Å²) in [7, 11) is 1.85. The van der Waals surface area contributed by atoms with Crippen molar-refractivity contribution in [2.75, 3.05) is 12.4 Å². The van der Waals surface area contributed by atoms with Crippen LogP contribution in [0, 0.1) is 0 Å². The van der Waals surface area contributed by atoms with Crippen molar-refractivity contribution in [3.8, 4) is 0 Å². The van der Waals surface area contributed by atoms with Crippen molar-refractivity contribution in [3.05, 3.63) is 129 Å². The average molecular weight is 459 g/mol. The lowest BCUT2D eigenvalue weighted by Crippen LogP contribution is -2.08. The predicted octanol–water partition coefficient (Wildman–Crippen LogP) is 7.44. The van der Waals surface area contributed by atoms with Crippen LogP contribution < -0.4 is 5.32 Å². The zero-order chi connectivity index (χ0) is 22.5. The van der Waals surface area contributed by atoms with E-state index in [1.54, 1.807) is 30.3 Å². The van der Waals surface area contributed by atoms with Crippen molar-refractivity contribution in [1.82, 2.24) is 0 Å². The molecule has 0 radical (unpaired) electrons. The molecule has 0 aliphatic heterocycles. The van der Waals surface area contributed by atoms with Crippen LogP contribution in [0.5, 0.6) is 0 Å². The maximum Gasteiger partial charge on any atom is 0.195 e. The molecule has 0 saturated heterocycles. The maximum absolute atomic E-state index is 13.3. The largest absolute Gasteiger partial charge is 0.388 e. The summed E-state index contributed by atoms with van der Waals surface area (Å²) >= 11 is 12.6. The van der Waals surface area contributed by atoms with Crippen molar-refractivity contribution < 1.29 is 4.79 Å². The molecule has 0 bridgehead atoms. The number of nitrogens with one attached hydrogen (secondary N) is 1. The first-order valence-corrected chi connectivity index (χ1v) is 10.8. The SMILES string of the molecule is CNc1ccc(Cl)cc1C(=Nc1ccc(Cl)cc1C(=O)c1ccccc1)c1ccccc1. The van der Waals surface area contributed by atoms with Gasteiger partial charge >= 0.3 is 0 Å². The minimum atomic E-state index is -0.140. The van der Waals surface area contributed by atoms with Crippen LogP contribution in [0.25, 0.3) is 0 Å². The molecular formula is C27H20Cl2N2O. The van der Waals surface area contributed by atoms with E-state index in [-0.39, 0.29) is 5.78 Å². The standard InChI is InChI=1S/C27H20Cl2N2O/c1-30-24-14-12-20(28)16-22(24)26(18-8-4-2-5-9-18)31-25-15-13-21(29)17-23(25)27(32)19-10-6-3-7-11-19/h2-17,30H,1H3. The van der Waals surface area contributed by atoms with Crippen molar-refractivity contribution in [1.29, 1.82) is 0 Å². The monoisotopic (exact) mass is 458 g/mol. The summed E-state index contributed by atoms with van der Waals surface area (Å²) in [5.74, 6) is -0.140. The first-order chi connectivity index (χ1) is 15.6. The number of halogens is 2. The summed E-state index contributed by atoms with van der Waals surface area (Å²) in [4.78, 5) is 18.3. The van der Waals surface area contributed by atoms with E-state index >= 15 is 0 Å². The van der Waals surface area contributed by atoms with Crippen LogP contribution in [-0.2, 0) is 0 Å². The van der Waals surface area contributed by atoms with Crippen LogP contribution >= 0.6 is 23.2 Å². The van der Waals surface area contributed by atoms with Crippen LogP contribution in [0.15, 0.2) is 102 Å². The van der Waals surface area contributed by atoms with Crippen LogP contribution in [0.2, 0.25) is 10.0 Å². The lowest BCUT2D eigenvalue weighted by atomic mass is 9.98. The molecule has 0 unspecified atom stereocenters. The molecule has 4 aromatic rings. The van der Waals surface area contributed by atoms with Crippen LogP contribution in [-0.4, -0.2) is 18.5 Å². The molecule has 3 nitrogen and oxygen atoms in total. The fourth-order valence-corrected chi connectivity index (χ4v) is 3.80. The Balaban J connectivity index is 1.94. The van der Waals surface area contributed by atoms with Gasteiger partial charge in [-0.15, -0.1) is 0 Å². The molecule has 0 amide bonds. The normalized spacial score (nSPS) is 11.3. The Bertz CT molecular complexity index is 1290. The molecule has 0 fully saturated rings. The highest BCUT2D eigenvalue weighted by atomic mass is 35.5. The Morgan fingerprint density at radius 2 is 1.28 bits per heavy atom. The molecule has 1 N–H and O–H groups in total. The van der Waals surface area contributed by atoms with Gasteiger partial charge in [0.2, 0.25) is 0 Å². The fourth-order valence-electron chi connectivity index (χ4n) is 3.46. The van der Waals surface area contributed by atoms with Crippen molar-refractivity contribution in [2.24, 2.45) is 4.99 Å². The Morgan fingerprint density at radius 1 is 0.719 bits per heavy atom. The summed E-state index contributed by atoms with van der Waals surface area (Å²) in [6.07, 6.45) is 0. The average Bonchev–Trinajstić information content (AvgIpc) is 2.84. The number of anilines is 1. The maximum atomic E-state index is 13.3. The topological polar surface area (TPSA) is 41.5 Å². The van der Waals surface area contributed by atoms with Gasteiger partial charge in [-0.05, 0) is 36.4 Å². The lowest BCUT2D eigenvalue weighted by Gasteiger charge is -2.14. The number of nitrogens with zero attached hydrogens (tertiary/aromatic N) is 1. The number of carbonyl (C=O) groups excluding carboxylic acids is 1. The van der Waals surface area contributed by atoms with Gasteiger partial charge in [0.15, 0.2) is 5.78 Å². The third kappa shape index (κ3) is 4.75. The second-order valence-corrected chi connectivity index (χ2v) is 8.00. The van der Waals surface area contributed by atoms with Crippen molar-refractivity contribution in [2.45, 2.75) is 0 Å². The first kappa shape index (κ1) is 21.8. The minimum absolute atomic E-state index is 0.140. The molecule has 0 aliphatic rings. The molecule has 0 aliphatic carbocycles. The molecule has 0 saturated carbocycles. The van der Waals surface area contributed by atoms with E-state index in [9.17, 15) is 4.79 Å². The smallest absolute Gasteiger partial charge is 0.195 e. The van der Waals surface area contributed by atoms with Crippen LogP contribution in [0.4, 0.5) is 11.4 Å². The Morgan fingerprint density at radius 3 is 1.91 bits per heavy atom. The quantitative estimate of drug-likeness (QED) is 0.241. The van der Waals surface area contributed by atoms with E-state index in [2.05, 4.69) is 5.32 Å². The highest BCUT2D eigenvalue weighted by Gasteiger charge is 2.17. The summed E-state index contributed by atoms with van der Waals surface area (Å²) in [6, 6.07) is 29.7. The molecule has 5 heteroatoms. The lowest BCUT2D eigenvalue weighted by molar-refractivity contribution is 0.103. The van der Waals surface area contributed by atoms with E-state index < -0.39 is 0 Å². The van der Waals surface area contributed by atoms with Gasteiger partial charge in [-0.2, -0.15) is 0 Å². The zero-order valence-corrected chi connectivity index (χ0v) is 18.9. The van der Waals surface area contributed by atoms with E-state index in [0.29, 0.717) is 32.6 Å². The Hall–Kier alpha value is -3.40. The van der Waals surface area contributed by atoms with Crippen molar-refractivity contribution in [3.63, 3.8) is 0 Å². The molecule has 4 rings (SSSR count).